The number of ether oxygens (including phenoxy) is 1. The van der Waals surface area contributed by atoms with E-state index in [1.807, 2.05) is 42.6 Å². The summed E-state index contributed by atoms with van der Waals surface area (Å²) in [5, 5.41) is 0. The number of hydrogen-bond donors (Lipinski definition) is 0. The molecule has 0 aliphatic rings. The molecular formula is C22H21NO. The molecule has 2 nitrogen and oxygen atoms in total. The van der Waals surface area contributed by atoms with Crippen molar-refractivity contribution in [2.45, 2.75) is 20.0 Å². The zero-order valence-electron chi connectivity index (χ0n) is 13.9. The van der Waals surface area contributed by atoms with Gasteiger partial charge in [-0.1, -0.05) is 54.6 Å². The number of benzene rings is 2. The molecule has 0 fully saturated rings. The molecule has 0 atom stereocenters. The molecule has 2 aromatic carbocycles. The van der Waals surface area contributed by atoms with Crippen molar-refractivity contribution in [1.29, 1.82) is 0 Å². The van der Waals surface area contributed by atoms with E-state index < -0.39 is 0 Å². The van der Waals surface area contributed by atoms with Gasteiger partial charge < -0.3 is 4.74 Å². The fourth-order valence-corrected chi connectivity index (χ4v) is 2.59. The van der Waals surface area contributed by atoms with Gasteiger partial charge in [-0.2, -0.15) is 0 Å². The van der Waals surface area contributed by atoms with Crippen molar-refractivity contribution in [1.82, 2.24) is 4.98 Å². The van der Waals surface area contributed by atoms with Crippen molar-refractivity contribution in [2.24, 2.45) is 0 Å². The Morgan fingerprint density at radius 1 is 0.917 bits per heavy atom. The van der Waals surface area contributed by atoms with Crippen LogP contribution in [0.1, 0.15) is 23.6 Å². The van der Waals surface area contributed by atoms with E-state index >= 15 is 0 Å². The number of rotatable bonds is 6. The Hall–Kier alpha value is -2.87. The standard InChI is InChI=1S/C22H21NO/c1-2-20(21-9-6-14-23-16-21)15-18-10-12-22(13-11-18)24-17-19-7-4-3-5-8-19/h2-14,16H,15,17H2,1H3. The summed E-state index contributed by atoms with van der Waals surface area (Å²) in [7, 11) is 0. The number of pyridine rings is 1. The first kappa shape index (κ1) is 16.0. The second-order valence-corrected chi connectivity index (χ2v) is 5.65. The van der Waals surface area contributed by atoms with Gasteiger partial charge in [0, 0.05) is 12.4 Å². The highest BCUT2D eigenvalue weighted by Gasteiger charge is 2.03. The Morgan fingerprint density at radius 2 is 1.71 bits per heavy atom. The average molecular weight is 315 g/mol. The molecule has 0 spiro atoms. The molecule has 0 bridgehead atoms. The number of hydrogen-bond acceptors (Lipinski definition) is 2. The van der Waals surface area contributed by atoms with Crippen LogP contribution in [0, 0.1) is 0 Å². The maximum absolute atomic E-state index is 5.84. The predicted octanol–water partition coefficient (Wildman–Crippen LogP) is 5.31. The van der Waals surface area contributed by atoms with Crippen LogP contribution in [0.3, 0.4) is 0 Å². The maximum atomic E-state index is 5.84. The fourth-order valence-electron chi connectivity index (χ4n) is 2.59. The molecule has 0 radical (unpaired) electrons. The highest BCUT2D eigenvalue weighted by Crippen LogP contribution is 2.21. The molecule has 1 heterocycles. The molecule has 0 saturated carbocycles. The molecule has 0 saturated heterocycles. The Balaban J connectivity index is 1.62. The monoisotopic (exact) mass is 315 g/mol. The SMILES string of the molecule is CC=C(Cc1ccc(OCc2ccccc2)cc1)c1cccnc1. The summed E-state index contributed by atoms with van der Waals surface area (Å²) in [6.07, 6.45) is 6.75. The molecule has 0 N–H and O–H groups in total. The van der Waals surface area contributed by atoms with E-state index in [1.165, 1.54) is 22.3 Å². The minimum absolute atomic E-state index is 0.593. The average Bonchev–Trinajstić information content (AvgIpc) is 2.67. The minimum Gasteiger partial charge on any atom is -0.489 e. The smallest absolute Gasteiger partial charge is 0.119 e. The maximum Gasteiger partial charge on any atom is 0.119 e. The Morgan fingerprint density at radius 3 is 2.38 bits per heavy atom. The van der Waals surface area contributed by atoms with Gasteiger partial charge in [-0.3, -0.25) is 4.98 Å². The van der Waals surface area contributed by atoms with E-state index in [4.69, 9.17) is 4.74 Å². The molecule has 0 amide bonds. The molecule has 0 aliphatic carbocycles. The van der Waals surface area contributed by atoms with Gasteiger partial charge in [-0.05, 0) is 53.8 Å². The summed E-state index contributed by atoms with van der Waals surface area (Å²) in [4.78, 5) is 4.20. The fraction of sp³-hybridized carbons (Fsp3) is 0.136. The van der Waals surface area contributed by atoms with Crippen LogP contribution in [0.4, 0.5) is 0 Å². The van der Waals surface area contributed by atoms with Crippen molar-refractivity contribution >= 4 is 5.57 Å². The zero-order chi connectivity index (χ0) is 16.6. The van der Waals surface area contributed by atoms with Gasteiger partial charge in [-0.15, -0.1) is 0 Å². The topological polar surface area (TPSA) is 22.1 Å². The van der Waals surface area contributed by atoms with E-state index in [0.29, 0.717) is 6.61 Å². The molecule has 3 aromatic rings. The van der Waals surface area contributed by atoms with Gasteiger partial charge in [0.05, 0.1) is 0 Å². The summed E-state index contributed by atoms with van der Waals surface area (Å²) in [6.45, 7) is 2.66. The van der Waals surface area contributed by atoms with E-state index in [9.17, 15) is 0 Å². The third-order valence-electron chi connectivity index (χ3n) is 3.95. The molecule has 1 aromatic heterocycles. The lowest BCUT2D eigenvalue weighted by Crippen LogP contribution is -1.96. The zero-order valence-corrected chi connectivity index (χ0v) is 13.9. The van der Waals surface area contributed by atoms with Crippen LogP contribution in [0.25, 0.3) is 5.57 Å². The van der Waals surface area contributed by atoms with Gasteiger partial charge in [0.15, 0.2) is 0 Å². The van der Waals surface area contributed by atoms with Crippen molar-refractivity contribution in [3.63, 3.8) is 0 Å². The van der Waals surface area contributed by atoms with Crippen molar-refractivity contribution in [2.75, 3.05) is 0 Å². The lowest BCUT2D eigenvalue weighted by Gasteiger charge is -2.09. The molecule has 3 rings (SSSR count). The molecule has 2 heteroatoms. The third-order valence-corrected chi connectivity index (χ3v) is 3.95. The van der Waals surface area contributed by atoms with Crippen LogP contribution < -0.4 is 4.74 Å². The summed E-state index contributed by atoms with van der Waals surface area (Å²) < 4.78 is 5.84. The molecule has 0 aliphatic heterocycles. The van der Waals surface area contributed by atoms with E-state index in [1.54, 1.807) is 6.20 Å². The summed E-state index contributed by atoms with van der Waals surface area (Å²) >= 11 is 0. The first-order valence-corrected chi connectivity index (χ1v) is 8.16. The summed E-state index contributed by atoms with van der Waals surface area (Å²) in [6, 6.07) is 22.6. The van der Waals surface area contributed by atoms with Gasteiger partial charge in [0.2, 0.25) is 0 Å². The Bertz CT molecular complexity index is 777. The highest BCUT2D eigenvalue weighted by molar-refractivity contribution is 5.66. The third kappa shape index (κ3) is 4.32. The van der Waals surface area contributed by atoms with Crippen LogP contribution in [-0.4, -0.2) is 4.98 Å². The minimum atomic E-state index is 0.593. The second-order valence-electron chi connectivity index (χ2n) is 5.65. The van der Waals surface area contributed by atoms with Gasteiger partial charge in [-0.25, -0.2) is 0 Å². The number of nitrogens with zero attached hydrogens (tertiary/aromatic N) is 1. The molecular weight excluding hydrogens is 294 g/mol. The van der Waals surface area contributed by atoms with E-state index in [-0.39, 0.29) is 0 Å². The van der Waals surface area contributed by atoms with Gasteiger partial charge >= 0.3 is 0 Å². The lowest BCUT2D eigenvalue weighted by atomic mass is 9.99. The number of allylic oxidation sites excluding steroid dienone is 2. The normalized spacial score (nSPS) is 11.3. The van der Waals surface area contributed by atoms with Gasteiger partial charge in [0.1, 0.15) is 12.4 Å². The quantitative estimate of drug-likeness (QED) is 0.615. The first-order chi connectivity index (χ1) is 11.8. The number of aromatic nitrogens is 1. The van der Waals surface area contributed by atoms with Crippen LogP contribution in [0.15, 0.2) is 85.2 Å². The largest absolute Gasteiger partial charge is 0.489 e. The molecule has 120 valence electrons. The van der Waals surface area contributed by atoms with Crippen LogP contribution in [0.5, 0.6) is 5.75 Å². The first-order valence-electron chi connectivity index (χ1n) is 8.16. The van der Waals surface area contributed by atoms with Crippen LogP contribution in [0.2, 0.25) is 0 Å². The highest BCUT2D eigenvalue weighted by atomic mass is 16.5. The Kier molecular flexibility index (Phi) is 5.41. The van der Waals surface area contributed by atoms with Gasteiger partial charge in [0.25, 0.3) is 0 Å². The molecule has 24 heavy (non-hydrogen) atoms. The second kappa shape index (κ2) is 8.11. The summed E-state index contributed by atoms with van der Waals surface area (Å²) in [5.41, 5.74) is 4.89. The van der Waals surface area contributed by atoms with E-state index in [2.05, 4.69) is 48.3 Å². The Labute approximate surface area is 143 Å². The van der Waals surface area contributed by atoms with Crippen molar-refractivity contribution in [3.05, 3.63) is 102 Å². The molecule has 0 unspecified atom stereocenters. The predicted molar refractivity (Wildman–Crippen MR) is 98.8 cm³/mol. The van der Waals surface area contributed by atoms with E-state index in [0.717, 1.165) is 12.2 Å². The lowest BCUT2D eigenvalue weighted by molar-refractivity contribution is 0.306. The van der Waals surface area contributed by atoms with Crippen molar-refractivity contribution < 1.29 is 4.74 Å². The van der Waals surface area contributed by atoms with Crippen molar-refractivity contribution in [3.8, 4) is 5.75 Å². The summed E-state index contributed by atoms with van der Waals surface area (Å²) in [5.74, 6) is 0.894. The van der Waals surface area contributed by atoms with Crippen LogP contribution in [-0.2, 0) is 13.0 Å². The van der Waals surface area contributed by atoms with Crippen LogP contribution >= 0.6 is 0 Å².